The molecule has 2 aromatic carbocycles. The molecule has 158 valence electrons. The zero-order chi connectivity index (χ0) is 21.5. The maximum atomic E-state index is 12.5. The Morgan fingerprint density at radius 3 is 2.23 bits per heavy atom. The van der Waals surface area contributed by atoms with E-state index in [4.69, 9.17) is 0 Å². The summed E-state index contributed by atoms with van der Waals surface area (Å²) in [5.41, 5.74) is 3.92. The number of carbonyl (C=O) groups is 1. The molecule has 0 radical (unpaired) electrons. The Labute approximate surface area is 184 Å². The number of hydrogen-bond donors (Lipinski definition) is 1. The van der Waals surface area contributed by atoms with E-state index >= 15 is 0 Å². The average molecular weight is 421 g/mol. The van der Waals surface area contributed by atoms with E-state index in [1.54, 1.807) is 0 Å². The van der Waals surface area contributed by atoms with Crippen molar-refractivity contribution in [2.45, 2.75) is 47.2 Å². The molecule has 1 N–H and O–H groups in total. The summed E-state index contributed by atoms with van der Waals surface area (Å²) >= 11 is 1.87. The van der Waals surface area contributed by atoms with Crippen molar-refractivity contribution < 1.29 is 4.79 Å². The van der Waals surface area contributed by atoms with E-state index in [0.29, 0.717) is 11.5 Å². The Balaban J connectivity index is 1.63. The molecule has 0 saturated heterocycles. The molecule has 3 rings (SSSR count). The first-order valence-electron chi connectivity index (χ1n) is 10.6. The molecule has 0 fully saturated rings. The second kappa shape index (κ2) is 10.6. The van der Waals surface area contributed by atoms with Crippen LogP contribution < -0.4 is 5.32 Å². The van der Waals surface area contributed by atoms with Crippen LogP contribution in [0.2, 0.25) is 0 Å². The van der Waals surface area contributed by atoms with Crippen molar-refractivity contribution >= 4 is 22.9 Å². The van der Waals surface area contributed by atoms with Gasteiger partial charge in [-0.05, 0) is 74.7 Å². The number of aryl methyl sites for hydroxylation is 2. The molecular formula is C26H32N2OS. The fourth-order valence-electron chi connectivity index (χ4n) is 3.31. The number of thiophene rings is 1. The van der Waals surface area contributed by atoms with Crippen LogP contribution in [0.4, 0.5) is 5.69 Å². The van der Waals surface area contributed by atoms with Crippen LogP contribution in [0.3, 0.4) is 0 Å². The summed E-state index contributed by atoms with van der Waals surface area (Å²) in [7, 11) is 0. The van der Waals surface area contributed by atoms with Crippen LogP contribution in [0, 0.1) is 19.8 Å². The molecular weight excluding hydrogens is 388 g/mol. The maximum Gasteiger partial charge on any atom is 0.255 e. The highest BCUT2D eigenvalue weighted by atomic mass is 32.1. The molecule has 0 atom stereocenters. The van der Waals surface area contributed by atoms with Gasteiger partial charge in [-0.2, -0.15) is 0 Å². The Bertz CT molecular complexity index is 942. The minimum Gasteiger partial charge on any atom is -0.322 e. The average Bonchev–Trinajstić information content (AvgIpc) is 3.13. The lowest BCUT2D eigenvalue weighted by atomic mass is 10.1. The third kappa shape index (κ3) is 6.82. The first-order chi connectivity index (χ1) is 14.4. The van der Waals surface area contributed by atoms with E-state index in [2.05, 4.69) is 55.3 Å². The van der Waals surface area contributed by atoms with Gasteiger partial charge in [0, 0.05) is 34.1 Å². The van der Waals surface area contributed by atoms with Crippen LogP contribution in [0.15, 0.2) is 60.7 Å². The highest BCUT2D eigenvalue weighted by Crippen LogP contribution is 2.20. The largest absolute Gasteiger partial charge is 0.322 e. The minimum atomic E-state index is -0.0730. The number of anilines is 1. The van der Waals surface area contributed by atoms with Crippen molar-refractivity contribution in [3.05, 3.63) is 87.1 Å². The number of carbonyl (C=O) groups excluding carboxylic acids is 1. The molecule has 3 aromatic rings. The lowest BCUT2D eigenvalue weighted by molar-refractivity contribution is 0.102. The van der Waals surface area contributed by atoms with Gasteiger partial charge in [0.05, 0.1) is 0 Å². The fraction of sp³-hybridized carbons (Fsp3) is 0.346. The van der Waals surface area contributed by atoms with E-state index in [0.717, 1.165) is 25.3 Å². The van der Waals surface area contributed by atoms with Crippen LogP contribution in [-0.2, 0) is 13.1 Å². The van der Waals surface area contributed by atoms with Crippen molar-refractivity contribution in [3.63, 3.8) is 0 Å². The molecule has 0 saturated carbocycles. The molecule has 0 bridgehead atoms. The molecule has 0 aliphatic carbocycles. The van der Waals surface area contributed by atoms with Gasteiger partial charge in [0.2, 0.25) is 0 Å². The van der Waals surface area contributed by atoms with Gasteiger partial charge in [-0.1, -0.05) is 43.7 Å². The topological polar surface area (TPSA) is 32.3 Å². The molecule has 0 spiro atoms. The molecule has 0 unspecified atom stereocenters. The van der Waals surface area contributed by atoms with Gasteiger partial charge in [0.1, 0.15) is 0 Å². The zero-order valence-corrected chi connectivity index (χ0v) is 19.3. The predicted octanol–water partition coefficient (Wildman–Crippen LogP) is 6.67. The predicted molar refractivity (Wildman–Crippen MR) is 128 cm³/mol. The smallest absolute Gasteiger partial charge is 0.255 e. The summed E-state index contributed by atoms with van der Waals surface area (Å²) in [4.78, 5) is 17.8. The summed E-state index contributed by atoms with van der Waals surface area (Å²) in [5.74, 6) is 0.613. The van der Waals surface area contributed by atoms with Crippen LogP contribution in [0.25, 0.3) is 0 Å². The first-order valence-corrected chi connectivity index (χ1v) is 11.5. The highest BCUT2D eigenvalue weighted by Gasteiger charge is 2.11. The second-order valence-corrected chi connectivity index (χ2v) is 9.80. The number of hydrogen-bond acceptors (Lipinski definition) is 3. The molecule has 0 aliphatic heterocycles. The van der Waals surface area contributed by atoms with E-state index in [-0.39, 0.29) is 5.91 Å². The summed E-state index contributed by atoms with van der Waals surface area (Å²) in [6.45, 7) is 11.7. The van der Waals surface area contributed by atoms with Crippen LogP contribution in [0.5, 0.6) is 0 Å². The number of nitrogens with one attached hydrogen (secondary N) is 1. The summed E-state index contributed by atoms with van der Waals surface area (Å²) in [6.07, 6.45) is 1.18. The van der Waals surface area contributed by atoms with Gasteiger partial charge in [-0.3, -0.25) is 9.69 Å². The quantitative estimate of drug-likeness (QED) is 0.419. The van der Waals surface area contributed by atoms with Crippen molar-refractivity contribution in [2.24, 2.45) is 5.92 Å². The van der Waals surface area contributed by atoms with Crippen molar-refractivity contribution in [2.75, 3.05) is 11.9 Å². The minimum absolute atomic E-state index is 0.0730. The van der Waals surface area contributed by atoms with Crippen LogP contribution in [0.1, 0.15) is 51.5 Å². The normalized spacial score (nSPS) is 11.3. The van der Waals surface area contributed by atoms with Crippen LogP contribution in [-0.4, -0.2) is 17.4 Å². The van der Waals surface area contributed by atoms with Gasteiger partial charge in [-0.15, -0.1) is 11.3 Å². The number of nitrogens with zero attached hydrogens (tertiary/aromatic N) is 1. The van der Waals surface area contributed by atoms with E-state index < -0.39 is 0 Å². The Hall–Kier alpha value is -2.43. The van der Waals surface area contributed by atoms with Gasteiger partial charge in [-0.25, -0.2) is 0 Å². The van der Waals surface area contributed by atoms with E-state index in [9.17, 15) is 4.79 Å². The second-order valence-electron chi connectivity index (χ2n) is 8.42. The Morgan fingerprint density at radius 1 is 0.933 bits per heavy atom. The molecule has 1 amide bonds. The monoisotopic (exact) mass is 420 g/mol. The van der Waals surface area contributed by atoms with Gasteiger partial charge in [0.25, 0.3) is 5.91 Å². The van der Waals surface area contributed by atoms with Gasteiger partial charge in [0.15, 0.2) is 0 Å². The highest BCUT2D eigenvalue weighted by molar-refractivity contribution is 7.11. The zero-order valence-electron chi connectivity index (χ0n) is 18.4. The molecule has 0 aliphatic rings. The summed E-state index contributed by atoms with van der Waals surface area (Å²) in [5, 5.41) is 2.97. The lowest BCUT2D eigenvalue weighted by Crippen LogP contribution is -2.24. The third-order valence-electron chi connectivity index (χ3n) is 5.13. The standard InChI is InChI=1S/C26H32N2OS/c1-19(2)15-16-28(18-25-14-7-21(4)30-25)17-22-8-10-23(11-9-22)26(29)27-24-12-5-20(3)6-13-24/h5-14,19H,15-18H2,1-4H3,(H,27,29). The number of rotatable bonds is 9. The third-order valence-corrected chi connectivity index (χ3v) is 6.12. The van der Waals surface area contributed by atoms with Crippen LogP contribution >= 0.6 is 11.3 Å². The maximum absolute atomic E-state index is 12.5. The van der Waals surface area contributed by atoms with Gasteiger partial charge >= 0.3 is 0 Å². The molecule has 1 aromatic heterocycles. The molecule has 3 nitrogen and oxygen atoms in total. The van der Waals surface area contributed by atoms with E-state index in [1.807, 2.05) is 54.7 Å². The first kappa shape index (κ1) is 22.3. The summed E-state index contributed by atoms with van der Waals surface area (Å²) in [6, 6.07) is 20.3. The molecule has 30 heavy (non-hydrogen) atoms. The lowest BCUT2D eigenvalue weighted by Gasteiger charge is -2.23. The molecule has 1 heterocycles. The van der Waals surface area contributed by atoms with Crippen molar-refractivity contribution in [1.82, 2.24) is 4.90 Å². The fourth-order valence-corrected chi connectivity index (χ4v) is 4.24. The van der Waals surface area contributed by atoms with Gasteiger partial charge < -0.3 is 5.32 Å². The van der Waals surface area contributed by atoms with Crippen molar-refractivity contribution in [1.29, 1.82) is 0 Å². The number of amides is 1. The molecule has 4 heteroatoms. The Kier molecular flexibility index (Phi) is 7.83. The SMILES string of the molecule is Cc1ccc(NC(=O)c2ccc(CN(CCC(C)C)Cc3ccc(C)s3)cc2)cc1. The summed E-state index contributed by atoms with van der Waals surface area (Å²) < 4.78 is 0. The van der Waals surface area contributed by atoms with Crippen molar-refractivity contribution in [3.8, 4) is 0 Å². The van der Waals surface area contributed by atoms with E-state index in [1.165, 1.54) is 27.3 Å². The number of benzene rings is 2. The Morgan fingerprint density at radius 2 is 1.63 bits per heavy atom.